The molecule has 1 aromatic heterocycles. The number of benzene rings is 1. The third kappa shape index (κ3) is 2.96. The van der Waals surface area contributed by atoms with Crippen LogP contribution < -0.4 is 4.90 Å². The second-order valence-corrected chi connectivity index (χ2v) is 9.04. The van der Waals surface area contributed by atoms with E-state index < -0.39 is 10.0 Å². The molecular weight excluding hydrogens is 342 g/mol. The largest absolute Gasteiger partial charge is 0.345 e. The number of hydrogen-bond donors (Lipinski definition) is 0. The molecule has 0 spiro atoms. The van der Waals surface area contributed by atoms with Crippen molar-refractivity contribution < 1.29 is 8.42 Å². The van der Waals surface area contributed by atoms with Gasteiger partial charge in [0.15, 0.2) is 5.13 Å². The van der Waals surface area contributed by atoms with E-state index in [0.29, 0.717) is 31.1 Å². The van der Waals surface area contributed by atoms with Crippen molar-refractivity contribution in [3.05, 3.63) is 39.9 Å². The molecule has 1 aliphatic heterocycles. The summed E-state index contributed by atoms with van der Waals surface area (Å²) in [5, 5.41) is 2.91. The third-order valence-electron chi connectivity index (χ3n) is 4.82. The van der Waals surface area contributed by atoms with Crippen molar-refractivity contribution in [3.63, 3.8) is 0 Å². The number of aryl methyl sites for hydroxylation is 2. The lowest BCUT2D eigenvalue weighted by Gasteiger charge is -2.34. The monoisotopic (exact) mass is 365 g/mol. The molecule has 1 aliphatic rings. The Morgan fingerprint density at radius 1 is 1.00 bits per heavy atom. The van der Waals surface area contributed by atoms with Gasteiger partial charge in [-0.15, -0.1) is 11.3 Å². The summed E-state index contributed by atoms with van der Waals surface area (Å²) in [5.41, 5.74) is 3.78. The van der Waals surface area contributed by atoms with Gasteiger partial charge in [-0.1, -0.05) is 6.07 Å². The zero-order chi connectivity index (χ0) is 17.5. The normalized spacial score (nSPS) is 16.6. The van der Waals surface area contributed by atoms with Gasteiger partial charge in [0.05, 0.1) is 4.90 Å². The number of nitrogens with zero attached hydrogens (tertiary/aromatic N) is 3. The molecule has 1 aromatic carbocycles. The lowest BCUT2D eigenvalue weighted by atomic mass is 10.0. The number of sulfonamides is 1. The van der Waals surface area contributed by atoms with Gasteiger partial charge in [0.2, 0.25) is 10.0 Å². The maximum atomic E-state index is 13.2. The molecule has 130 valence electrons. The van der Waals surface area contributed by atoms with Crippen LogP contribution in [0.1, 0.15) is 22.3 Å². The summed E-state index contributed by atoms with van der Waals surface area (Å²) >= 11 is 1.59. The molecule has 0 N–H and O–H groups in total. The van der Waals surface area contributed by atoms with Crippen LogP contribution in [0.4, 0.5) is 5.13 Å². The van der Waals surface area contributed by atoms with Gasteiger partial charge in [-0.05, 0) is 49.9 Å². The number of hydrogen-bond acceptors (Lipinski definition) is 5. The number of rotatable bonds is 3. The van der Waals surface area contributed by atoms with Crippen LogP contribution in [0.2, 0.25) is 0 Å². The van der Waals surface area contributed by atoms with Crippen LogP contribution in [-0.2, 0) is 10.0 Å². The average molecular weight is 366 g/mol. The van der Waals surface area contributed by atoms with Crippen molar-refractivity contribution in [3.8, 4) is 0 Å². The van der Waals surface area contributed by atoms with E-state index >= 15 is 0 Å². The fourth-order valence-electron chi connectivity index (χ4n) is 3.19. The lowest BCUT2D eigenvalue weighted by Crippen LogP contribution is -2.49. The van der Waals surface area contributed by atoms with Gasteiger partial charge in [-0.2, -0.15) is 4.31 Å². The molecule has 7 heteroatoms. The highest BCUT2D eigenvalue weighted by atomic mass is 32.2. The van der Waals surface area contributed by atoms with Gasteiger partial charge >= 0.3 is 0 Å². The summed E-state index contributed by atoms with van der Waals surface area (Å²) in [4.78, 5) is 6.95. The van der Waals surface area contributed by atoms with E-state index in [0.717, 1.165) is 27.4 Å². The molecule has 0 saturated carbocycles. The van der Waals surface area contributed by atoms with Crippen molar-refractivity contribution in [2.75, 3.05) is 31.1 Å². The minimum Gasteiger partial charge on any atom is -0.345 e. The summed E-state index contributed by atoms with van der Waals surface area (Å²) in [7, 11) is -3.47. The molecule has 0 amide bonds. The van der Waals surface area contributed by atoms with Crippen LogP contribution in [0.3, 0.4) is 0 Å². The van der Waals surface area contributed by atoms with Gasteiger partial charge < -0.3 is 4.90 Å². The molecule has 0 atom stereocenters. The van der Waals surface area contributed by atoms with E-state index in [1.54, 1.807) is 21.8 Å². The first-order valence-corrected chi connectivity index (χ1v) is 10.4. The van der Waals surface area contributed by atoms with Gasteiger partial charge in [-0.25, -0.2) is 13.4 Å². The molecule has 0 unspecified atom stereocenters. The molecule has 0 aliphatic carbocycles. The fourth-order valence-corrected chi connectivity index (χ4v) is 5.88. The Bertz CT molecular complexity index is 811. The number of thiazole rings is 1. The Labute approximate surface area is 148 Å². The average Bonchev–Trinajstić information content (AvgIpc) is 3.07. The topological polar surface area (TPSA) is 53.5 Å². The summed E-state index contributed by atoms with van der Waals surface area (Å²) in [5.74, 6) is 0. The second-order valence-electron chi connectivity index (χ2n) is 6.30. The van der Waals surface area contributed by atoms with Gasteiger partial charge in [0.25, 0.3) is 0 Å². The highest BCUT2D eigenvalue weighted by Crippen LogP contribution is 2.30. The van der Waals surface area contributed by atoms with Crippen LogP contribution in [0.15, 0.2) is 22.5 Å². The summed E-state index contributed by atoms with van der Waals surface area (Å²) in [6.45, 7) is 10.1. The molecule has 24 heavy (non-hydrogen) atoms. The lowest BCUT2D eigenvalue weighted by molar-refractivity contribution is 0.384. The molecule has 3 rings (SSSR count). The minimum atomic E-state index is -3.47. The van der Waals surface area contributed by atoms with Gasteiger partial charge in [0.1, 0.15) is 0 Å². The molecule has 5 nitrogen and oxygen atoms in total. The Morgan fingerprint density at radius 2 is 1.58 bits per heavy atom. The first-order valence-electron chi connectivity index (χ1n) is 8.04. The van der Waals surface area contributed by atoms with Crippen LogP contribution in [0.5, 0.6) is 0 Å². The maximum absolute atomic E-state index is 13.2. The van der Waals surface area contributed by atoms with E-state index in [1.807, 2.05) is 33.1 Å². The SMILES string of the molecule is Cc1cc(C)c(C)c(S(=O)(=O)N2CCN(c3nccs3)CC2)c1C. The molecular formula is C17H23N3O2S2. The fraction of sp³-hybridized carbons (Fsp3) is 0.471. The summed E-state index contributed by atoms with van der Waals surface area (Å²) < 4.78 is 28.1. The van der Waals surface area contributed by atoms with Crippen molar-refractivity contribution in [2.24, 2.45) is 0 Å². The first kappa shape index (κ1) is 17.4. The number of piperazine rings is 1. The van der Waals surface area contributed by atoms with E-state index in [4.69, 9.17) is 0 Å². The van der Waals surface area contributed by atoms with E-state index in [-0.39, 0.29) is 0 Å². The van der Waals surface area contributed by atoms with Crippen molar-refractivity contribution in [1.82, 2.24) is 9.29 Å². The minimum absolute atomic E-state index is 0.489. The van der Waals surface area contributed by atoms with Crippen LogP contribution >= 0.6 is 11.3 Å². The molecule has 2 heterocycles. The van der Waals surface area contributed by atoms with Crippen molar-refractivity contribution in [2.45, 2.75) is 32.6 Å². The standard InChI is InChI=1S/C17H23N3O2S2/c1-12-11-13(2)15(4)16(14(12)3)24(21,22)20-8-6-19(7-9-20)17-18-5-10-23-17/h5,10-11H,6-9H2,1-4H3. The quantitative estimate of drug-likeness (QED) is 0.839. The van der Waals surface area contributed by atoms with E-state index in [1.165, 1.54) is 0 Å². The molecule has 1 saturated heterocycles. The summed E-state index contributed by atoms with van der Waals surface area (Å²) in [6.07, 6.45) is 1.78. The van der Waals surface area contributed by atoms with Crippen molar-refractivity contribution in [1.29, 1.82) is 0 Å². The van der Waals surface area contributed by atoms with Gasteiger partial charge in [-0.3, -0.25) is 0 Å². The predicted molar refractivity (Wildman–Crippen MR) is 98.5 cm³/mol. The Kier molecular flexibility index (Phi) is 4.68. The van der Waals surface area contributed by atoms with Crippen LogP contribution in [0.25, 0.3) is 0 Å². The Morgan fingerprint density at radius 3 is 2.08 bits per heavy atom. The first-order chi connectivity index (χ1) is 11.3. The molecule has 0 bridgehead atoms. The van der Waals surface area contributed by atoms with E-state index in [2.05, 4.69) is 16.0 Å². The van der Waals surface area contributed by atoms with Gasteiger partial charge in [0, 0.05) is 37.8 Å². The Balaban J connectivity index is 1.88. The zero-order valence-electron chi connectivity index (χ0n) is 14.5. The Hall–Kier alpha value is -1.44. The molecule has 0 radical (unpaired) electrons. The van der Waals surface area contributed by atoms with Crippen LogP contribution in [0, 0.1) is 27.7 Å². The highest BCUT2D eigenvalue weighted by molar-refractivity contribution is 7.89. The highest BCUT2D eigenvalue weighted by Gasteiger charge is 2.32. The van der Waals surface area contributed by atoms with E-state index in [9.17, 15) is 8.42 Å². The third-order valence-corrected chi connectivity index (χ3v) is 7.83. The maximum Gasteiger partial charge on any atom is 0.243 e. The van der Waals surface area contributed by atoms with Crippen LogP contribution in [-0.4, -0.2) is 43.9 Å². The second kappa shape index (κ2) is 6.46. The molecule has 2 aromatic rings. The molecule has 1 fully saturated rings. The number of anilines is 1. The predicted octanol–water partition coefficient (Wildman–Crippen LogP) is 2.89. The summed E-state index contributed by atoms with van der Waals surface area (Å²) in [6, 6.07) is 2.06. The number of aromatic nitrogens is 1. The smallest absolute Gasteiger partial charge is 0.243 e. The zero-order valence-corrected chi connectivity index (χ0v) is 16.2. The van der Waals surface area contributed by atoms with Crippen molar-refractivity contribution >= 4 is 26.5 Å².